The lowest BCUT2D eigenvalue weighted by atomic mass is 10.1. The van der Waals surface area contributed by atoms with Crippen LogP contribution in [-0.2, 0) is 0 Å². The molecule has 0 aliphatic carbocycles. The number of rotatable bonds is 2. The van der Waals surface area contributed by atoms with Gasteiger partial charge in [0, 0.05) is 18.8 Å². The minimum atomic E-state index is -0.117. The number of thioether (sulfide) groups is 1. The standard InChI is InChI=1S/C13H17NO3S/c1-17-10-3-4-12(15)11(9-10)13(16)14-5-2-7-18-8-6-14/h3-4,9,15H,2,5-8H2,1H3. The number of aromatic hydroxyl groups is 1. The maximum atomic E-state index is 12.3. The van der Waals surface area contributed by atoms with Gasteiger partial charge in [-0.05, 0) is 30.4 Å². The number of methoxy groups -OCH3 is 1. The Bertz CT molecular complexity index is 428. The Hall–Kier alpha value is -1.36. The first kappa shape index (κ1) is 13.1. The molecule has 0 unspecified atom stereocenters. The van der Waals surface area contributed by atoms with Gasteiger partial charge in [0.15, 0.2) is 0 Å². The molecule has 0 spiro atoms. The van der Waals surface area contributed by atoms with Crippen molar-refractivity contribution in [2.24, 2.45) is 0 Å². The molecule has 1 saturated heterocycles. The summed E-state index contributed by atoms with van der Waals surface area (Å²) in [6, 6.07) is 4.73. The maximum Gasteiger partial charge on any atom is 0.257 e. The lowest BCUT2D eigenvalue weighted by Crippen LogP contribution is -2.32. The molecule has 1 heterocycles. The molecule has 0 radical (unpaired) electrons. The monoisotopic (exact) mass is 267 g/mol. The summed E-state index contributed by atoms with van der Waals surface area (Å²) in [7, 11) is 1.54. The minimum Gasteiger partial charge on any atom is -0.507 e. The lowest BCUT2D eigenvalue weighted by molar-refractivity contribution is 0.0765. The fraction of sp³-hybridized carbons (Fsp3) is 0.462. The van der Waals surface area contributed by atoms with E-state index >= 15 is 0 Å². The van der Waals surface area contributed by atoms with Crippen molar-refractivity contribution in [1.82, 2.24) is 4.90 Å². The first-order valence-corrected chi connectivity index (χ1v) is 7.12. The van der Waals surface area contributed by atoms with Crippen LogP contribution in [0.25, 0.3) is 0 Å². The topological polar surface area (TPSA) is 49.8 Å². The Morgan fingerprint density at radius 2 is 2.22 bits per heavy atom. The first-order chi connectivity index (χ1) is 8.72. The van der Waals surface area contributed by atoms with Gasteiger partial charge < -0.3 is 14.7 Å². The van der Waals surface area contributed by atoms with Crippen LogP contribution in [0.15, 0.2) is 18.2 Å². The number of benzene rings is 1. The Balaban J connectivity index is 2.21. The van der Waals surface area contributed by atoms with Crippen LogP contribution in [0, 0.1) is 0 Å². The highest BCUT2D eigenvalue weighted by Gasteiger charge is 2.20. The molecule has 0 aromatic heterocycles. The van der Waals surface area contributed by atoms with Gasteiger partial charge in [-0.15, -0.1) is 0 Å². The molecule has 1 aromatic carbocycles. The van der Waals surface area contributed by atoms with Crippen molar-refractivity contribution in [2.45, 2.75) is 6.42 Å². The molecule has 0 atom stereocenters. The minimum absolute atomic E-state index is 0.0118. The van der Waals surface area contributed by atoms with Crippen LogP contribution in [0.1, 0.15) is 16.8 Å². The van der Waals surface area contributed by atoms with Crippen LogP contribution in [0.4, 0.5) is 0 Å². The molecule has 1 fully saturated rings. The number of nitrogens with zero attached hydrogens (tertiary/aromatic N) is 1. The number of amides is 1. The Morgan fingerprint density at radius 3 is 3.00 bits per heavy atom. The summed E-state index contributed by atoms with van der Waals surface area (Å²) in [5.41, 5.74) is 0.321. The van der Waals surface area contributed by atoms with E-state index < -0.39 is 0 Å². The highest BCUT2D eigenvalue weighted by Crippen LogP contribution is 2.25. The fourth-order valence-corrected chi connectivity index (χ4v) is 2.82. The van der Waals surface area contributed by atoms with Crippen molar-refractivity contribution in [2.75, 3.05) is 31.7 Å². The summed E-state index contributed by atoms with van der Waals surface area (Å²) >= 11 is 1.86. The molecule has 0 bridgehead atoms. The summed E-state index contributed by atoms with van der Waals surface area (Å²) in [4.78, 5) is 14.1. The van der Waals surface area contributed by atoms with Gasteiger partial charge in [-0.2, -0.15) is 11.8 Å². The molecule has 1 aromatic rings. The van der Waals surface area contributed by atoms with E-state index in [1.54, 1.807) is 24.1 Å². The van der Waals surface area contributed by atoms with Gasteiger partial charge in [-0.3, -0.25) is 4.79 Å². The second-order valence-corrected chi connectivity index (χ2v) is 5.37. The van der Waals surface area contributed by atoms with Crippen molar-refractivity contribution in [3.05, 3.63) is 23.8 Å². The number of hydrogen-bond donors (Lipinski definition) is 1. The summed E-state index contributed by atoms with van der Waals surface area (Å²) < 4.78 is 5.09. The molecular formula is C13H17NO3S. The van der Waals surface area contributed by atoms with Crippen LogP contribution in [0.2, 0.25) is 0 Å². The van der Waals surface area contributed by atoms with Gasteiger partial charge in [0.25, 0.3) is 5.91 Å². The van der Waals surface area contributed by atoms with Gasteiger partial charge >= 0.3 is 0 Å². The van der Waals surface area contributed by atoms with E-state index in [9.17, 15) is 9.90 Å². The Kier molecular flexibility index (Phi) is 4.36. The van der Waals surface area contributed by atoms with Crippen LogP contribution in [0.3, 0.4) is 0 Å². The number of carbonyl (C=O) groups excluding carboxylic acids is 1. The number of carbonyl (C=O) groups is 1. The van der Waals surface area contributed by atoms with Gasteiger partial charge in [-0.25, -0.2) is 0 Å². The van der Waals surface area contributed by atoms with Gasteiger partial charge in [0.1, 0.15) is 11.5 Å². The summed E-state index contributed by atoms with van der Waals surface area (Å²) in [6.07, 6.45) is 1.00. The van der Waals surface area contributed by atoms with Gasteiger partial charge in [0.05, 0.1) is 12.7 Å². The number of hydrogen-bond acceptors (Lipinski definition) is 4. The quantitative estimate of drug-likeness (QED) is 0.890. The molecule has 5 heteroatoms. The van der Waals surface area contributed by atoms with Crippen molar-refractivity contribution in [3.63, 3.8) is 0 Å². The second-order valence-electron chi connectivity index (χ2n) is 4.14. The van der Waals surface area contributed by atoms with E-state index in [2.05, 4.69) is 0 Å². The third-order valence-electron chi connectivity index (χ3n) is 2.94. The average molecular weight is 267 g/mol. The zero-order valence-electron chi connectivity index (χ0n) is 10.4. The van der Waals surface area contributed by atoms with E-state index in [4.69, 9.17) is 4.74 Å². The second kappa shape index (κ2) is 6.00. The highest BCUT2D eigenvalue weighted by molar-refractivity contribution is 7.99. The number of phenols is 1. The molecule has 2 rings (SSSR count). The van der Waals surface area contributed by atoms with Crippen LogP contribution >= 0.6 is 11.8 Å². The van der Waals surface area contributed by atoms with E-state index in [0.717, 1.165) is 31.0 Å². The zero-order valence-corrected chi connectivity index (χ0v) is 11.2. The molecule has 4 nitrogen and oxygen atoms in total. The van der Waals surface area contributed by atoms with Gasteiger partial charge in [-0.1, -0.05) is 0 Å². The molecule has 98 valence electrons. The summed E-state index contributed by atoms with van der Waals surface area (Å²) in [5.74, 6) is 2.52. The Morgan fingerprint density at radius 1 is 1.39 bits per heavy atom. The molecular weight excluding hydrogens is 250 g/mol. The third-order valence-corrected chi connectivity index (χ3v) is 3.99. The fourth-order valence-electron chi connectivity index (χ4n) is 1.93. The smallest absolute Gasteiger partial charge is 0.257 e. The van der Waals surface area contributed by atoms with E-state index in [1.807, 2.05) is 11.8 Å². The predicted molar refractivity (Wildman–Crippen MR) is 72.5 cm³/mol. The van der Waals surface area contributed by atoms with E-state index in [0.29, 0.717) is 11.3 Å². The first-order valence-electron chi connectivity index (χ1n) is 5.96. The van der Waals surface area contributed by atoms with Crippen molar-refractivity contribution >= 4 is 17.7 Å². The third kappa shape index (κ3) is 2.90. The molecule has 1 aliphatic rings. The van der Waals surface area contributed by atoms with E-state index in [-0.39, 0.29) is 11.7 Å². The highest BCUT2D eigenvalue weighted by atomic mass is 32.2. The number of phenolic OH excluding ortho intramolecular Hbond substituents is 1. The number of ether oxygens (including phenoxy) is 1. The van der Waals surface area contributed by atoms with Crippen LogP contribution in [0.5, 0.6) is 11.5 Å². The van der Waals surface area contributed by atoms with Crippen molar-refractivity contribution < 1.29 is 14.6 Å². The zero-order chi connectivity index (χ0) is 13.0. The van der Waals surface area contributed by atoms with Crippen LogP contribution < -0.4 is 4.74 Å². The SMILES string of the molecule is COc1ccc(O)c(C(=O)N2CCCSCC2)c1. The lowest BCUT2D eigenvalue weighted by Gasteiger charge is -2.20. The summed E-state index contributed by atoms with van der Waals surface area (Å²) in [6.45, 7) is 1.49. The normalized spacial score (nSPS) is 16.2. The molecule has 1 aliphatic heterocycles. The Labute approximate surface area is 111 Å². The maximum absolute atomic E-state index is 12.3. The van der Waals surface area contributed by atoms with Gasteiger partial charge in [0.2, 0.25) is 0 Å². The van der Waals surface area contributed by atoms with Crippen molar-refractivity contribution in [3.8, 4) is 11.5 Å². The van der Waals surface area contributed by atoms with Crippen molar-refractivity contribution in [1.29, 1.82) is 0 Å². The molecule has 0 saturated carbocycles. The molecule has 1 amide bonds. The van der Waals surface area contributed by atoms with E-state index in [1.165, 1.54) is 6.07 Å². The predicted octanol–water partition coefficient (Wildman–Crippen LogP) is 1.98. The largest absolute Gasteiger partial charge is 0.507 e. The average Bonchev–Trinajstić information content (AvgIpc) is 2.67. The molecule has 18 heavy (non-hydrogen) atoms. The molecule has 1 N–H and O–H groups in total. The van der Waals surface area contributed by atoms with Crippen LogP contribution in [-0.4, -0.2) is 47.6 Å². The summed E-state index contributed by atoms with van der Waals surface area (Å²) in [5, 5.41) is 9.79.